The molecule has 202 valence electrons. The van der Waals surface area contributed by atoms with E-state index in [4.69, 9.17) is 27.2 Å². The lowest BCUT2D eigenvalue weighted by Gasteiger charge is -2.31. The Morgan fingerprint density at radius 1 is 1.11 bits per heavy atom. The molecule has 1 heterocycles. The van der Waals surface area contributed by atoms with E-state index in [1.807, 2.05) is 0 Å². The van der Waals surface area contributed by atoms with Gasteiger partial charge in [-0.3, -0.25) is 4.79 Å². The fraction of sp³-hybridized carbons (Fsp3) is 0.500. The minimum absolute atomic E-state index is 0.0919. The van der Waals surface area contributed by atoms with Crippen molar-refractivity contribution in [1.29, 1.82) is 0 Å². The molecule has 2 aromatic rings. The summed E-state index contributed by atoms with van der Waals surface area (Å²) in [6, 6.07) is 8.22. The van der Waals surface area contributed by atoms with Gasteiger partial charge in [-0.1, -0.05) is 43.0 Å². The first-order valence-electron chi connectivity index (χ1n) is 12.4. The molecule has 2 atom stereocenters. The largest absolute Gasteiger partial charge is 0.493 e. The maximum atomic E-state index is 16.2. The topological polar surface area (TPSA) is 116 Å². The standard InChI is InChI=1S/C26H32ClF2N3O4S/c27-19-8-6-18(7-9-19)26(28,29)24(25(33)32-13-12-20(30)15-32)22-14-21(10-11-23(22)37(31,34)35)36-16-17-4-2-1-3-5-17/h6-11,14,17,20,24H,1-5,12-13,15-16,30H2,(H2,31,34,35)/t20-,24-/m0/s1. The monoisotopic (exact) mass is 555 g/mol. The Morgan fingerprint density at radius 2 is 1.78 bits per heavy atom. The van der Waals surface area contributed by atoms with Gasteiger partial charge in [0.2, 0.25) is 15.9 Å². The smallest absolute Gasteiger partial charge is 0.288 e. The van der Waals surface area contributed by atoms with Gasteiger partial charge in [0.05, 0.1) is 11.5 Å². The van der Waals surface area contributed by atoms with Crippen molar-refractivity contribution in [2.45, 2.75) is 61.3 Å². The maximum absolute atomic E-state index is 16.2. The van der Waals surface area contributed by atoms with E-state index in [0.29, 0.717) is 18.9 Å². The second-order valence-electron chi connectivity index (χ2n) is 9.96. The summed E-state index contributed by atoms with van der Waals surface area (Å²) in [6.07, 6.45) is 5.85. The zero-order valence-electron chi connectivity index (χ0n) is 20.4. The van der Waals surface area contributed by atoms with Crippen LogP contribution in [0.1, 0.15) is 55.6 Å². The van der Waals surface area contributed by atoms with Crippen LogP contribution in [0, 0.1) is 5.92 Å². The predicted molar refractivity (Wildman–Crippen MR) is 137 cm³/mol. The van der Waals surface area contributed by atoms with Crippen molar-refractivity contribution in [3.05, 3.63) is 58.6 Å². The number of ether oxygens (including phenoxy) is 1. The summed E-state index contributed by atoms with van der Waals surface area (Å²) in [5.41, 5.74) is 5.05. The molecule has 1 amide bonds. The predicted octanol–water partition coefficient (Wildman–Crippen LogP) is 4.38. The van der Waals surface area contributed by atoms with E-state index in [1.54, 1.807) is 0 Å². The highest BCUT2D eigenvalue weighted by atomic mass is 35.5. The third kappa shape index (κ3) is 6.42. The van der Waals surface area contributed by atoms with Crippen molar-refractivity contribution in [1.82, 2.24) is 4.90 Å². The number of rotatable bonds is 8. The van der Waals surface area contributed by atoms with E-state index in [2.05, 4.69) is 0 Å². The number of benzene rings is 2. The van der Waals surface area contributed by atoms with E-state index in [1.165, 1.54) is 35.6 Å². The molecule has 7 nitrogen and oxygen atoms in total. The second-order valence-corrected chi connectivity index (χ2v) is 11.9. The first kappa shape index (κ1) is 27.8. The van der Waals surface area contributed by atoms with Crippen molar-refractivity contribution in [3.8, 4) is 5.75 Å². The van der Waals surface area contributed by atoms with Crippen LogP contribution in [-0.2, 0) is 20.7 Å². The number of primary sulfonamides is 1. The number of hydrogen-bond donors (Lipinski definition) is 2. The highest BCUT2D eigenvalue weighted by Gasteiger charge is 2.50. The third-order valence-electron chi connectivity index (χ3n) is 7.18. The van der Waals surface area contributed by atoms with Crippen LogP contribution in [-0.4, -0.2) is 45.0 Å². The molecule has 1 aliphatic heterocycles. The average molecular weight is 556 g/mol. The summed E-state index contributed by atoms with van der Waals surface area (Å²) in [6.45, 7) is 0.658. The van der Waals surface area contributed by atoms with Gasteiger partial charge in [-0.2, -0.15) is 0 Å². The molecule has 0 radical (unpaired) electrons. The zero-order chi connectivity index (χ0) is 26.8. The van der Waals surface area contributed by atoms with Crippen molar-refractivity contribution in [3.63, 3.8) is 0 Å². The van der Waals surface area contributed by atoms with Gasteiger partial charge in [0.1, 0.15) is 11.7 Å². The van der Waals surface area contributed by atoms with Gasteiger partial charge in [-0.25, -0.2) is 22.3 Å². The Hall–Kier alpha value is -2.27. The van der Waals surface area contributed by atoms with Crippen LogP contribution in [0.15, 0.2) is 47.4 Å². The first-order valence-corrected chi connectivity index (χ1v) is 14.4. The van der Waals surface area contributed by atoms with E-state index in [-0.39, 0.29) is 29.9 Å². The number of amides is 1. The van der Waals surface area contributed by atoms with Crippen LogP contribution in [0.3, 0.4) is 0 Å². The lowest BCUT2D eigenvalue weighted by molar-refractivity contribution is -0.143. The molecule has 2 aromatic carbocycles. The molecular formula is C26H32ClF2N3O4S. The molecule has 4 N–H and O–H groups in total. The van der Waals surface area contributed by atoms with Gasteiger partial charge < -0.3 is 15.4 Å². The Labute approximate surface area is 221 Å². The third-order valence-corrected chi connectivity index (χ3v) is 8.42. The molecular weight excluding hydrogens is 524 g/mol. The molecule has 2 aliphatic rings. The second kappa shape index (κ2) is 11.2. The number of alkyl halides is 2. The van der Waals surface area contributed by atoms with E-state index in [9.17, 15) is 13.2 Å². The first-order chi connectivity index (χ1) is 17.5. The summed E-state index contributed by atoms with van der Waals surface area (Å²) in [4.78, 5) is 14.4. The molecule has 1 aliphatic carbocycles. The van der Waals surface area contributed by atoms with Gasteiger partial charge in [-0.05, 0) is 61.1 Å². The normalized spacial score (nSPS) is 20.1. The Balaban J connectivity index is 1.79. The lowest BCUT2D eigenvalue weighted by atomic mass is 9.86. The molecule has 1 saturated carbocycles. The number of sulfonamides is 1. The lowest BCUT2D eigenvalue weighted by Crippen LogP contribution is -2.42. The average Bonchev–Trinajstić information content (AvgIpc) is 3.29. The number of hydrogen-bond acceptors (Lipinski definition) is 5. The molecule has 1 saturated heterocycles. The summed E-state index contributed by atoms with van der Waals surface area (Å²) >= 11 is 5.90. The SMILES string of the molecule is N[C@H]1CCN(C(=O)[C@H](c2cc(OCC3CCCCC3)ccc2S(N)(=O)=O)C(F)(F)c2ccc(Cl)cc2)C1. The number of nitrogens with zero attached hydrogens (tertiary/aromatic N) is 1. The van der Waals surface area contributed by atoms with Crippen molar-refractivity contribution in [2.75, 3.05) is 19.7 Å². The number of halogens is 3. The van der Waals surface area contributed by atoms with Crippen LogP contribution in [0.25, 0.3) is 0 Å². The molecule has 4 rings (SSSR count). The van der Waals surface area contributed by atoms with Crippen LogP contribution in [0.2, 0.25) is 5.02 Å². The summed E-state index contributed by atoms with van der Waals surface area (Å²) in [5, 5.41) is 5.68. The van der Waals surface area contributed by atoms with E-state index < -0.39 is 43.8 Å². The minimum atomic E-state index is -4.45. The zero-order valence-corrected chi connectivity index (χ0v) is 22.0. The number of nitrogens with two attached hydrogens (primary N) is 2. The summed E-state index contributed by atoms with van der Waals surface area (Å²) < 4.78 is 63.4. The van der Waals surface area contributed by atoms with Crippen molar-refractivity contribution < 1.29 is 26.7 Å². The van der Waals surface area contributed by atoms with E-state index >= 15 is 8.78 Å². The van der Waals surface area contributed by atoms with Crippen LogP contribution in [0.5, 0.6) is 5.75 Å². The Morgan fingerprint density at radius 3 is 2.38 bits per heavy atom. The van der Waals surface area contributed by atoms with Gasteiger partial charge in [0.25, 0.3) is 5.92 Å². The summed E-state index contributed by atoms with van der Waals surface area (Å²) in [5.74, 6) is -6.37. The quantitative estimate of drug-likeness (QED) is 0.501. The van der Waals surface area contributed by atoms with Crippen molar-refractivity contribution >= 4 is 27.5 Å². The van der Waals surface area contributed by atoms with Crippen LogP contribution in [0.4, 0.5) is 8.78 Å². The van der Waals surface area contributed by atoms with Gasteiger partial charge in [-0.15, -0.1) is 0 Å². The Kier molecular flexibility index (Phi) is 8.42. The molecule has 0 aromatic heterocycles. The Bertz CT molecular complexity index is 1220. The van der Waals surface area contributed by atoms with Crippen LogP contribution >= 0.6 is 11.6 Å². The van der Waals surface area contributed by atoms with Gasteiger partial charge in [0, 0.05) is 29.7 Å². The fourth-order valence-electron chi connectivity index (χ4n) is 5.16. The number of likely N-dealkylation sites (tertiary alicyclic amines) is 1. The number of carbonyl (C=O) groups excluding carboxylic acids is 1. The molecule has 0 unspecified atom stereocenters. The highest BCUT2D eigenvalue weighted by Crippen LogP contribution is 2.46. The highest BCUT2D eigenvalue weighted by molar-refractivity contribution is 7.89. The van der Waals surface area contributed by atoms with Crippen molar-refractivity contribution in [2.24, 2.45) is 16.8 Å². The maximum Gasteiger partial charge on any atom is 0.288 e. The van der Waals surface area contributed by atoms with E-state index in [0.717, 1.165) is 43.9 Å². The molecule has 11 heteroatoms. The molecule has 2 fully saturated rings. The molecule has 0 bridgehead atoms. The fourth-order valence-corrected chi connectivity index (χ4v) is 6.05. The minimum Gasteiger partial charge on any atom is -0.493 e. The van der Waals surface area contributed by atoms with Gasteiger partial charge in [0.15, 0.2) is 0 Å². The summed E-state index contributed by atoms with van der Waals surface area (Å²) in [7, 11) is -4.45. The van der Waals surface area contributed by atoms with Gasteiger partial charge >= 0.3 is 0 Å². The molecule has 0 spiro atoms. The number of carbonyl (C=O) groups is 1. The van der Waals surface area contributed by atoms with Crippen LogP contribution < -0.4 is 15.6 Å². The molecule has 37 heavy (non-hydrogen) atoms.